The summed E-state index contributed by atoms with van der Waals surface area (Å²) >= 11 is 0. The van der Waals surface area contributed by atoms with Crippen molar-refractivity contribution in [2.24, 2.45) is 5.92 Å². The first-order valence-corrected chi connectivity index (χ1v) is 8.37. The van der Waals surface area contributed by atoms with E-state index in [1.54, 1.807) is 34.2 Å². The third-order valence-corrected chi connectivity index (χ3v) is 4.53. The average Bonchev–Trinajstić information content (AvgIpc) is 3.19. The number of anilines is 1. The Morgan fingerprint density at radius 1 is 1.08 bits per heavy atom. The molecule has 0 atom stereocenters. The van der Waals surface area contributed by atoms with Gasteiger partial charge in [0, 0.05) is 44.3 Å². The van der Waals surface area contributed by atoms with Gasteiger partial charge in [0.25, 0.3) is 5.56 Å². The first kappa shape index (κ1) is 15.5. The van der Waals surface area contributed by atoms with Crippen molar-refractivity contribution < 1.29 is 0 Å². The topological polar surface area (TPSA) is 81.7 Å². The predicted molar refractivity (Wildman–Crippen MR) is 92.6 cm³/mol. The van der Waals surface area contributed by atoms with Gasteiger partial charge in [-0.25, -0.2) is 14.6 Å². The van der Waals surface area contributed by atoms with Gasteiger partial charge in [-0.3, -0.25) is 14.3 Å². The van der Waals surface area contributed by atoms with E-state index in [-0.39, 0.29) is 5.56 Å². The first-order valence-electron chi connectivity index (χ1n) is 8.37. The molecule has 25 heavy (non-hydrogen) atoms. The number of hydrogen-bond donors (Lipinski definition) is 0. The van der Waals surface area contributed by atoms with E-state index in [1.165, 1.54) is 12.3 Å². The maximum Gasteiger partial charge on any atom is 0.253 e. The zero-order valence-corrected chi connectivity index (χ0v) is 13.8. The Hall–Kier alpha value is -3.03. The van der Waals surface area contributed by atoms with Crippen LogP contribution >= 0.6 is 0 Å². The third kappa shape index (κ3) is 3.42. The van der Waals surface area contributed by atoms with E-state index in [0.29, 0.717) is 11.7 Å². The molecule has 0 N–H and O–H groups in total. The van der Waals surface area contributed by atoms with Gasteiger partial charge in [-0.2, -0.15) is 5.10 Å². The molecule has 3 aromatic rings. The van der Waals surface area contributed by atoms with Crippen LogP contribution in [0.4, 0.5) is 5.82 Å². The lowest BCUT2D eigenvalue weighted by atomic mass is 9.97. The van der Waals surface area contributed by atoms with Crippen molar-refractivity contribution in [3.63, 3.8) is 0 Å². The molecule has 8 nitrogen and oxygen atoms in total. The van der Waals surface area contributed by atoms with E-state index in [1.807, 2.05) is 12.3 Å². The molecule has 0 aliphatic carbocycles. The minimum Gasteiger partial charge on any atom is -0.355 e. The molecule has 3 aromatic heterocycles. The van der Waals surface area contributed by atoms with Crippen molar-refractivity contribution in [1.29, 1.82) is 0 Å². The van der Waals surface area contributed by atoms with Gasteiger partial charge in [-0.15, -0.1) is 0 Å². The zero-order chi connectivity index (χ0) is 17.1. The molecule has 0 spiro atoms. The van der Waals surface area contributed by atoms with Crippen LogP contribution in [0.25, 0.3) is 5.82 Å². The zero-order valence-electron chi connectivity index (χ0n) is 13.8. The number of piperidine rings is 1. The van der Waals surface area contributed by atoms with Crippen LogP contribution in [0.15, 0.2) is 54.2 Å². The predicted octanol–water partition coefficient (Wildman–Crippen LogP) is 1.14. The monoisotopic (exact) mass is 337 g/mol. The van der Waals surface area contributed by atoms with Crippen LogP contribution in [0.3, 0.4) is 0 Å². The highest BCUT2D eigenvalue weighted by Gasteiger charge is 2.21. The van der Waals surface area contributed by atoms with Crippen molar-refractivity contribution in [3.05, 3.63) is 59.8 Å². The smallest absolute Gasteiger partial charge is 0.253 e. The van der Waals surface area contributed by atoms with Crippen LogP contribution < -0.4 is 10.5 Å². The largest absolute Gasteiger partial charge is 0.355 e. The van der Waals surface area contributed by atoms with Gasteiger partial charge in [0.05, 0.1) is 18.7 Å². The molecule has 1 aliphatic rings. The lowest BCUT2D eigenvalue weighted by Crippen LogP contribution is -2.36. The quantitative estimate of drug-likeness (QED) is 0.710. The van der Waals surface area contributed by atoms with Gasteiger partial charge >= 0.3 is 0 Å². The van der Waals surface area contributed by atoms with Crippen molar-refractivity contribution in [3.8, 4) is 5.82 Å². The van der Waals surface area contributed by atoms with E-state index in [9.17, 15) is 4.79 Å². The fourth-order valence-electron chi connectivity index (χ4n) is 3.15. The highest BCUT2D eigenvalue weighted by atomic mass is 16.1. The van der Waals surface area contributed by atoms with Gasteiger partial charge in [0.2, 0.25) is 0 Å². The standard InChI is InChI=1S/C17H19N7O/c25-17-2-6-18-13-23(17)12-14-3-8-22(9-4-14)15-10-19-11-16(21-15)24-7-1-5-20-24/h1-2,5-7,10-11,13-14H,3-4,8-9,12H2. The molecule has 0 radical (unpaired) electrons. The molecular weight excluding hydrogens is 318 g/mol. The van der Waals surface area contributed by atoms with Crippen molar-refractivity contribution in [2.45, 2.75) is 19.4 Å². The lowest BCUT2D eigenvalue weighted by molar-refractivity contribution is 0.350. The third-order valence-electron chi connectivity index (χ3n) is 4.53. The van der Waals surface area contributed by atoms with Crippen LogP contribution in [-0.4, -0.2) is 42.4 Å². The molecule has 1 fully saturated rings. The summed E-state index contributed by atoms with van der Waals surface area (Å²) in [5.74, 6) is 2.05. The molecule has 0 unspecified atom stereocenters. The first-order chi connectivity index (χ1) is 12.3. The molecule has 0 saturated carbocycles. The summed E-state index contributed by atoms with van der Waals surface area (Å²) in [6.07, 6.45) is 12.2. The van der Waals surface area contributed by atoms with E-state index in [0.717, 1.165) is 38.3 Å². The highest BCUT2D eigenvalue weighted by Crippen LogP contribution is 2.22. The summed E-state index contributed by atoms with van der Waals surface area (Å²) in [5, 5.41) is 4.20. The van der Waals surface area contributed by atoms with Crippen LogP contribution in [0, 0.1) is 5.92 Å². The van der Waals surface area contributed by atoms with Gasteiger partial charge in [0.1, 0.15) is 5.82 Å². The van der Waals surface area contributed by atoms with E-state index < -0.39 is 0 Å². The number of nitrogens with zero attached hydrogens (tertiary/aromatic N) is 7. The maximum atomic E-state index is 11.8. The maximum absolute atomic E-state index is 11.8. The van der Waals surface area contributed by atoms with Gasteiger partial charge < -0.3 is 4.90 Å². The molecule has 4 rings (SSSR count). The molecular formula is C17H19N7O. The van der Waals surface area contributed by atoms with Crippen LogP contribution in [0.5, 0.6) is 0 Å². The molecule has 0 amide bonds. The highest BCUT2D eigenvalue weighted by molar-refractivity contribution is 5.39. The second-order valence-electron chi connectivity index (χ2n) is 6.19. The summed E-state index contributed by atoms with van der Waals surface area (Å²) in [6, 6.07) is 3.37. The van der Waals surface area contributed by atoms with Crippen LogP contribution in [0.2, 0.25) is 0 Å². The van der Waals surface area contributed by atoms with E-state index in [4.69, 9.17) is 0 Å². The number of hydrogen-bond acceptors (Lipinski definition) is 6. The Labute approximate surface area is 144 Å². The molecule has 4 heterocycles. The molecule has 1 saturated heterocycles. The fraction of sp³-hybridized carbons (Fsp3) is 0.353. The lowest BCUT2D eigenvalue weighted by Gasteiger charge is -2.32. The van der Waals surface area contributed by atoms with Crippen molar-refractivity contribution in [1.82, 2.24) is 29.3 Å². The number of aromatic nitrogens is 6. The summed E-state index contributed by atoms with van der Waals surface area (Å²) in [5.41, 5.74) is 0.00946. The SMILES string of the molecule is O=c1ccncn1CC1CCN(c2cncc(-n3cccn3)n2)CC1. The van der Waals surface area contributed by atoms with Gasteiger partial charge in [0.15, 0.2) is 5.82 Å². The minimum atomic E-state index is 0.00946. The van der Waals surface area contributed by atoms with Crippen LogP contribution in [0.1, 0.15) is 12.8 Å². The Kier molecular flexibility index (Phi) is 4.24. The Morgan fingerprint density at radius 3 is 2.68 bits per heavy atom. The second-order valence-corrected chi connectivity index (χ2v) is 6.19. The molecule has 128 valence electrons. The Morgan fingerprint density at radius 2 is 1.92 bits per heavy atom. The molecule has 0 aromatic carbocycles. The number of rotatable bonds is 4. The van der Waals surface area contributed by atoms with Gasteiger partial charge in [-0.05, 0) is 24.8 Å². The van der Waals surface area contributed by atoms with Crippen molar-refractivity contribution in [2.75, 3.05) is 18.0 Å². The summed E-state index contributed by atoms with van der Waals surface area (Å²) in [7, 11) is 0. The summed E-state index contributed by atoms with van der Waals surface area (Å²) in [4.78, 5) is 27.0. The molecule has 1 aliphatic heterocycles. The fourth-order valence-corrected chi connectivity index (χ4v) is 3.15. The van der Waals surface area contributed by atoms with E-state index >= 15 is 0 Å². The average molecular weight is 337 g/mol. The molecule has 8 heteroatoms. The van der Waals surface area contributed by atoms with E-state index in [2.05, 4.69) is 25.0 Å². The minimum absolute atomic E-state index is 0.00946. The summed E-state index contributed by atoms with van der Waals surface area (Å²) < 4.78 is 3.40. The Balaban J connectivity index is 1.41. The van der Waals surface area contributed by atoms with Crippen molar-refractivity contribution >= 4 is 5.82 Å². The normalized spacial score (nSPS) is 15.4. The van der Waals surface area contributed by atoms with Crippen LogP contribution in [-0.2, 0) is 6.54 Å². The van der Waals surface area contributed by atoms with Gasteiger partial charge in [-0.1, -0.05) is 0 Å². The molecule has 0 bridgehead atoms. The Bertz CT molecular complexity index is 882. The summed E-state index contributed by atoms with van der Waals surface area (Å²) in [6.45, 7) is 2.52. The second kappa shape index (κ2) is 6.84.